The molecule has 1 spiro atoms. The molecule has 0 aliphatic heterocycles. The third-order valence-corrected chi connectivity index (χ3v) is 8.06. The van der Waals surface area contributed by atoms with E-state index in [1.165, 1.54) is 0 Å². The summed E-state index contributed by atoms with van der Waals surface area (Å²) in [5, 5.41) is 31.4. The van der Waals surface area contributed by atoms with Gasteiger partial charge in [0.25, 0.3) is 0 Å². The Kier molecular flexibility index (Phi) is 3.28. The van der Waals surface area contributed by atoms with Gasteiger partial charge in [-0.1, -0.05) is 19.6 Å². The van der Waals surface area contributed by atoms with Crippen LogP contribution < -0.4 is 0 Å². The molecule has 5 heteroatoms. The molecular weight excluding hydrogens is 320 g/mol. The molecule has 7 atom stereocenters. The van der Waals surface area contributed by atoms with Crippen molar-refractivity contribution < 1.29 is 24.9 Å². The first-order valence-corrected chi connectivity index (χ1v) is 9.15. The molecule has 25 heavy (non-hydrogen) atoms. The lowest BCUT2D eigenvalue weighted by Gasteiger charge is -2.61. The van der Waals surface area contributed by atoms with E-state index < -0.39 is 34.4 Å². The normalized spacial score (nSPS) is 51.6. The standard InChI is InChI=1S/C20H26O5/c1-10-11-9-20(16(10)23)7-4-13-18(2,17(24)25)6-5-15(22)19(13,3)14(20)8-12(11)21/h8,11-13,15,21-22H,1,4-7,9H2,2-3H3,(H,24,25). The molecular formula is C20H26O5. The topological polar surface area (TPSA) is 94.8 Å². The van der Waals surface area contributed by atoms with Crippen LogP contribution in [0.1, 0.15) is 46.0 Å². The number of ketones is 1. The van der Waals surface area contributed by atoms with E-state index in [-0.39, 0.29) is 17.6 Å². The zero-order valence-corrected chi connectivity index (χ0v) is 14.8. The fraction of sp³-hybridized carbons (Fsp3) is 0.700. The van der Waals surface area contributed by atoms with E-state index in [4.69, 9.17) is 0 Å². The van der Waals surface area contributed by atoms with Crippen LogP contribution in [0.15, 0.2) is 23.8 Å². The predicted molar refractivity (Wildman–Crippen MR) is 90.6 cm³/mol. The summed E-state index contributed by atoms with van der Waals surface area (Å²) in [5.74, 6) is -1.37. The Labute approximate surface area is 147 Å². The largest absolute Gasteiger partial charge is 0.481 e. The van der Waals surface area contributed by atoms with E-state index in [0.29, 0.717) is 37.7 Å². The molecule has 4 rings (SSSR count). The molecule has 0 radical (unpaired) electrons. The average molecular weight is 346 g/mol. The fourth-order valence-corrected chi connectivity index (χ4v) is 6.55. The van der Waals surface area contributed by atoms with E-state index in [0.717, 1.165) is 5.57 Å². The van der Waals surface area contributed by atoms with E-state index in [1.807, 2.05) is 6.92 Å². The third-order valence-electron chi connectivity index (χ3n) is 8.06. The van der Waals surface area contributed by atoms with Gasteiger partial charge in [-0.05, 0) is 56.1 Å². The van der Waals surface area contributed by atoms with Gasteiger partial charge in [-0.25, -0.2) is 0 Å². The van der Waals surface area contributed by atoms with Gasteiger partial charge in [0, 0.05) is 11.3 Å². The molecule has 0 amide bonds. The molecule has 4 aliphatic carbocycles. The number of Topliss-reactive ketones (excluding diaryl/α,β-unsaturated/α-hetero) is 1. The molecule has 3 N–H and O–H groups in total. The number of carboxylic acid groups (broad SMARTS) is 1. The second-order valence-corrected chi connectivity index (χ2v) is 8.97. The number of hydrogen-bond donors (Lipinski definition) is 3. The molecule has 2 bridgehead atoms. The van der Waals surface area contributed by atoms with Gasteiger partial charge >= 0.3 is 5.97 Å². The molecule has 0 saturated heterocycles. The zero-order chi connectivity index (χ0) is 18.4. The molecule has 0 aromatic carbocycles. The van der Waals surface area contributed by atoms with Crippen LogP contribution in [0.5, 0.6) is 0 Å². The Bertz CT molecular complexity index is 724. The number of carbonyl (C=O) groups is 2. The van der Waals surface area contributed by atoms with Crippen LogP contribution in [0.3, 0.4) is 0 Å². The summed E-state index contributed by atoms with van der Waals surface area (Å²) in [7, 11) is 0. The molecule has 0 heterocycles. The number of hydrogen-bond acceptors (Lipinski definition) is 4. The van der Waals surface area contributed by atoms with Crippen LogP contribution in [-0.4, -0.2) is 39.3 Å². The number of carboxylic acids is 1. The van der Waals surface area contributed by atoms with Crippen molar-refractivity contribution >= 4 is 11.8 Å². The second-order valence-electron chi connectivity index (χ2n) is 8.97. The van der Waals surface area contributed by atoms with Crippen LogP contribution in [0.25, 0.3) is 0 Å². The van der Waals surface area contributed by atoms with Crippen molar-refractivity contribution in [2.75, 3.05) is 0 Å². The number of aliphatic hydroxyl groups is 2. The minimum atomic E-state index is -0.934. The fourth-order valence-electron chi connectivity index (χ4n) is 6.55. The van der Waals surface area contributed by atoms with E-state index in [2.05, 4.69) is 6.58 Å². The van der Waals surface area contributed by atoms with E-state index >= 15 is 0 Å². The lowest BCUT2D eigenvalue weighted by molar-refractivity contribution is -0.172. The monoisotopic (exact) mass is 346 g/mol. The van der Waals surface area contributed by atoms with Crippen LogP contribution in [-0.2, 0) is 9.59 Å². The molecule has 136 valence electrons. The van der Waals surface area contributed by atoms with E-state index in [1.54, 1.807) is 13.0 Å². The van der Waals surface area contributed by atoms with Gasteiger partial charge in [0.05, 0.1) is 23.0 Å². The first kappa shape index (κ1) is 17.0. The maximum atomic E-state index is 13.1. The summed E-state index contributed by atoms with van der Waals surface area (Å²) >= 11 is 0. The third kappa shape index (κ3) is 1.76. The minimum Gasteiger partial charge on any atom is -0.481 e. The van der Waals surface area contributed by atoms with Gasteiger partial charge in [0.1, 0.15) is 0 Å². The summed E-state index contributed by atoms with van der Waals surface area (Å²) in [5.41, 5.74) is -1.20. The summed E-state index contributed by atoms with van der Waals surface area (Å²) in [6.45, 7) is 7.58. The van der Waals surface area contributed by atoms with Gasteiger partial charge in [0.15, 0.2) is 5.78 Å². The number of rotatable bonds is 1. The van der Waals surface area contributed by atoms with Crippen molar-refractivity contribution in [1.29, 1.82) is 0 Å². The van der Waals surface area contributed by atoms with Crippen LogP contribution in [0, 0.1) is 28.1 Å². The van der Waals surface area contributed by atoms with Crippen molar-refractivity contribution in [3.63, 3.8) is 0 Å². The Hall–Kier alpha value is -1.46. The smallest absolute Gasteiger partial charge is 0.309 e. The Balaban J connectivity index is 1.91. The van der Waals surface area contributed by atoms with Crippen molar-refractivity contribution in [3.05, 3.63) is 23.8 Å². The van der Waals surface area contributed by atoms with Gasteiger partial charge < -0.3 is 15.3 Å². The maximum Gasteiger partial charge on any atom is 0.309 e. The summed E-state index contributed by atoms with van der Waals surface area (Å²) in [6, 6.07) is 0. The summed E-state index contributed by atoms with van der Waals surface area (Å²) in [4.78, 5) is 25.1. The molecule has 0 aromatic heterocycles. The van der Waals surface area contributed by atoms with Crippen LogP contribution >= 0.6 is 0 Å². The minimum absolute atomic E-state index is 0.0187. The molecule has 0 aromatic rings. The highest BCUT2D eigenvalue weighted by Crippen LogP contribution is 2.69. The van der Waals surface area contributed by atoms with Crippen molar-refractivity contribution in [2.24, 2.45) is 28.1 Å². The van der Waals surface area contributed by atoms with Crippen LogP contribution in [0.2, 0.25) is 0 Å². The number of fused-ring (bicyclic) bond motifs is 3. The zero-order valence-electron chi connectivity index (χ0n) is 14.8. The first-order valence-electron chi connectivity index (χ1n) is 9.15. The lowest BCUT2D eigenvalue weighted by Crippen LogP contribution is -2.61. The second kappa shape index (κ2) is 4.83. The number of aliphatic carboxylic acids is 1. The Morgan fingerprint density at radius 2 is 1.92 bits per heavy atom. The van der Waals surface area contributed by atoms with Crippen LogP contribution in [0.4, 0.5) is 0 Å². The van der Waals surface area contributed by atoms with Gasteiger partial charge in [-0.2, -0.15) is 0 Å². The van der Waals surface area contributed by atoms with Crippen molar-refractivity contribution in [3.8, 4) is 0 Å². The summed E-state index contributed by atoms with van der Waals surface area (Å²) < 4.78 is 0. The highest BCUT2D eigenvalue weighted by Gasteiger charge is 2.68. The van der Waals surface area contributed by atoms with Crippen molar-refractivity contribution in [1.82, 2.24) is 0 Å². The Morgan fingerprint density at radius 1 is 1.24 bits per heavy atom. The van der Waals surface area contributed by atoms with Crippen molar-refractivity contribution in [2.45, 2.75) is 58.2 Å². The first-order chi connectivity index (χ1) is 11.6. The van der Waals surface area contributed by atoms with E-state index in [9.17, 15) is 24.9 Å². The van der Waals surface area contributed by atoms with Gasteiger partial charge in [-0.3, -0.25) is 9.59 Å². The maximum absolute atomic E-state index is 13.1. The predicted octanol–water partition coefficient (Wildman–Crippen LogP) is 2.08. The van der Waals surface area contributed by atoms with Gasteiger partial charge in [-0.15, -0.1) is 0 Å². The molecule has 7 unspecified atom stereocenters. The Morgan fingerprint density at radius 3 is 2.56 bits per heavy atom. The SMILES string of the molecule is C=C1C(=O)C23CCC4C(C)(C(=O)O)CCC(O)C4(C)C2=CC(O)C1C3. The highest BCUT2D eigenvalue weighted by atomic mass is 16.4. The quantitative estimate of drug-likeness (QED) is 0.499. The molecule has 4 aliphatic rings. The highest BCUT2D eigenvalue weighted by molar-refractivity contribution is 6.05. The van der Waals surface area contributed by atoms with Gasteiger partial charge in [0.2, 0.25) is 0 Å². The molecule has 5 nitrogen and oxygen atoms in total. The molecule has 3 saturated carbocycles. The average Bonchev–Trinajstić information content (AvgIpc) is 2.77. The number of carbonyl (C=O) groups excluding carboxylic acids is 1. The summed E-state index contributed by atoms with van der Waals surface area (Å²) in [6.07, 6.45) is 2.77. The number of aliphatic hydroxyl groups excluding tert-OH is 2. The lowest BCUT2D eigenvalue weighted by atomic mass is 9.43. The molecule has 3 fully saturated rings.